The van der Waals surface area contributed by atoms with Crippen molar-refractivity contribution < 1.29 is 41.7 Å². The molecular formula is C17H35Cl2NSi3Ti. The first-order chi connectivity index (χ1) is 10.0. The molecule has 0 amide bonds. The molecule has 3 unspecified atom stereocenters. The van der Waals surface area contributed by atoms with E-state index in [0.29, 0.717) is 0 Å². The van der Waals surface area contributed by atoms with E-state index in [2.05, 4.69) is 79.4 Å². The molecule has 24 heavy (non-hydrogen) atoms. The van der Waals surface area contributed by atoms with E-state index in [9.17, 15) is 0 Å². The van der Waals surface area contributed by atoms with E-state index < -0.39 is 33.3 Å². The van der Waals surface area contributed by atoms with Gasteiger partial charge in [-0.2, -0.15) is 0 Å². The largest absolute Gasteiger partial charge is 1.00 e. The van der Waals surface area contributed by atoms with Crippen LogP contribution in [0.2, 0.25) is 56.6 Å². The second kappa shape index (κ2) is 9.54. The monoisotopic (exact) mass is 455 g/mol. The summed E-state index contributed by atoms with van der Waals surface area (Å²) in [6, 6.07) is 0. The summed E-state index contributed by atoms with van der Waals surface area (Å²) in [4.78, 5) is 0. The first kappa shape index (κ1) is 25.4. The summed E-state index contributed by atoms with van der Waals surface area (Å²) >= 11 is -1.19. The van der Waals surface area contributed by atoms with Gasteiger partial charge in [0.05, 0.1) is 0 Å². The summed E-state index contributed by atoms with van der Waals surface area (Å²) in [5.41, 5.74) is 0. The fraction of sp³-hybridized carbons (Fsp3) is 0.765. The molecule has 0 aromatic rings. The van der Waals surface area contributed by atoms with Gasteiger partial charge in [-0.1, -0.05) is 0 Å². The fourth-order valence-electron chi connectivity index (χ4n) is 4.76. The van der Waals surface area contributed by atoms with E-state index in [4.69, 9.17) is 0 Å². The predicted octanol–water partition coefficient (Wildman–Crippen LogP) is -0.309. The SMILES string of the molecule is C[Si](C)=[Ti+2]([CH]1CCC2C=CC=CC21)[N]([Si](C)(C)C)[Si](C)(C)C.[Cl-].[Cl-]. The van der Waals surface area contributed by atoms with Crippen molar-refractivity contribution in [1.29, 1.82) is 0 Å². The van der Waals surface area contributed by atoms with Gasteiger partial charge in [0.25, 0.3) is 0 Å². The third-order valence-electron chi connectivity index (χ3n) is 5.02. The van der Waals surface area contributed by atoms with Gasteiger partial charge < -0.3 is 24.8 Å². The van der Waals surface area contributed by atoms with Gasteiger partial charge in [-0.25, -0.2) is 0 Å². The van der Waals surface area contributed by atoms with Crippen molar-refractivity contribution in [3.63, 3.8) is 0 Å². The zero-order valence-electron chi connectivity index (χ0n) is 16.7. The Bertz CT molecular complexity index is 503. The minimum absolute atomic E-state index is 0. The summed E-state index contributed by atoms with van der Waals surface area (Å²) < 4.78 is 4.36. The molecule has 0 aromatic carbocycles. The number of nitrogens with zero attached hydrogens (tertiary/aromatic N) is 1. The molecule has 2 aliphatic rings. The number of allylic oxidation sites excluding steroid dienone is 4. The summed E-state index contributed by atoms with van der Waals surface area (Å²) in [5, 5.41) is 0. The Morgan fingerprint density at radius 3 is 1.83 bits per heavy atom. The van der Waals surface area contributed by atoms with E-state index in [-0.39, 0.29) is 31.0 Å². The summed E-state index contributed by atoms with van der Waals surface area (Å²) in [7, 11) is -2.44. The Morgan fingerprint density at radius 2 is 1.38 bits per heavy atom. The molecule has 1 saturated carbocycles. The number of fused-ring (bicyclic) bond motifs is 1. The zero-order valence-corrected chi connectivity index (χ0v) is 22.7. The minimum atomic E-state index is -1.22. The van der Waals surface area contributed by atoms with Crippen molar-refractivity contribution in [2.45, 2.75) is 69.4 Å². The second-order valence-corrected chi connectivity index (χ2v) is 32.5. The quantitative estimate of drug-likeness (QED) is 0.525. The maximum atomic E-state index is 3.30. The number of hydrogen-bond acceptors (Lipinski definition) is 1. The van der Waals surface area contributed by atoms with E-state index >= 15 is 0 Å². The van der Waals surface area contributed by atoms with Crippen molar-refractivity contribution in [3.8, 4) is 0 Å². The van der Waals surface area contributed by atoms with Gasteiger partial charge in [-0.05, 0) is 0 Å². The normalized spacial score (nSPS) is 25.4. The van der Waals surface area contributed by atoms with E-state index in [1.807, 2.05) is 0 Å². The van der Waals surface area contributed by atoms with Crippen LogP contribution in [0.5, 0.6) is 0 Å². The molecule has 0 heterocycles. The van der Waals surface area contributed by atoms with Crippen LogP contribution in [0.15, 0.2) is 24.3 Å². The van der Waals surface area contributed by atoms with Gasteiger partial charge in [0.1, 0.15) is 0 Å². The van der Waals surface area contributed by atoms with Gasteiger partial charge in [0.15, 0.2) is 0 Å². The molecule has 2 aliphatic carbocycles. The molecule has 0 aromatic heterocycles. The third-order valence-corrected chi connectivity index (χ3v) is 33.0. The van der Waals surface area contributed by atoms with Crippen LogP contribution in [0.25, 0.3) is 0 Å². The molecule has 1 fully saturated rings. The molecule has 1 nitrogen and oxygen atoms in total. The van der Waals surface area contributed by atoms with Crippen LogP contribution in [0.1, 0.15) is 12.8 Å². The van der Waals surface area contributed by atoms with Crippen molar-refractivity contribution in [2.24, 2.45) is 11.8 Å². The maximum absolute atomic E-state index is 3.30. The van der Waals surface area contributed by atoms with E-state index in [0.717, 1.165) is 16.1 Å². The first-order valence-electron chi connectivity index (χ1n) is 8.86. The van der Waals surface area contributed by atoms with Gasteiger partial charge in [0, 0.05) is 0 Å². The van der Waals surface area contributed by atoms with Crippen molar-refractivity contribution in [1.82, 2.24) is 2.71 Å². The smallest absolute Gasteiger partial charge is 1.00 e. The number of halogens is 2. The molecule has 2 rings (SSSR count). The molecule has 0 saturated heterocycles. The Hall–Kier alpha value is 1.38. The van der Waals surface area contributed by atoms with Crippen LogP contribution in [-0.4, -0.2) is 25.4 Å². The zero-order chi connectivity index (χ0) is 16.7. The van der Waals surface area contributed by atoms with Gasteiger partial charge >= 0.3 is 148 Å². The topological polar surface area (TPSA) is 3.24 Å². The average Bonchev–Trinajstić information content (AvgIpc) is 2.76. The van der Waals surface area contributed by atoms with Gasteiger partial charge in [0.2, 0.25) is 0 Å². The molecule has 0 spiro atoms. The molecule has 7 heteroatoms. The third kappa shape index (κ3) is 5.69. The van der Waals surface area contributed by atoms with Crippen LogP contribution < -0.4 is 24.8 Å². The standard InChI is InChI=1S/C9H11.C6H18NSi2.C2H6Si.2ClH.Ti/c1-2-5-9-7-3-6-8(9)4-1;1-8(2,3)7-9(4,5)6;1-3-2;;;/h1-2,4-6,8-9H,3,7H2;1-6H3;1-2H3;2*1H;/q;-1;;;;+3/p-2. The Balaban J connectivity index is 0.00000264. The average molecular weight is 457 g/mol. The Labute approximate surface area is 171 Å². The first-order valence-corrected chi connectivity index (χ1v) is 22.2. The van der Waals surface area contributed by atoms with E-state index in [1.54, 1.807) is 0 Å². The molecule has 3 atom stereocenters. The molecule has 0 aliphatic heterocycles. The summed E-state index contributed by atoms with van der Waals surface area (Å²) in [6.07, 6.45) is 12.5. The predicted molar refractivity (Wildman–Crippen MR) is 104 cm³/mol. The maximum Gasteiger partial charge on any atom is -1.00 e. The minimum Gasteiger partial charge on any atom is -1.00 e. The van der Waals surface area contributed by atoms with Crippen molar-refractivity contribution in [3.05, 3.63) is 24.3 Å². The molecule has 0 N–H and O–H groups in total. The van der Waals surface area contributed by atoms with Crippen LogP contribution in [0.4, 0.5) is 0 Å². The van der Waals surface area contributed by atoms with Gasteiger partial charge in [-0.3, -0.25) is 0 Å². The summed E-state index contributed by atoms with van der Waals surface area (Å²) in [6.45, 7) is 21.0. The molecule has 0 radical (unpaired) electrons. The Kier molecular flexibility index (Phi) is 10.1. The van der Waals surface area contributed by atoms with Crippen LogP contribution in [0, 0.1) is 11.8 Å². The van der Waals surface area contributed by atoms with Crippen LogP contribution in [0.3, 0.4) is 0 Å². The second-order valence-electron chi connectivity index (χ2n) is 9.26. The van der Waals surface area contributed by atoms with Crippen molar-refractivity contribution in [2.75, 3.05) is 0 Å². The van der Waals surface area contributed by atoms with Crippen LogP contribution in [-0.2, 0) is 16.9 Å². The van der Waals surface area contributed by atoms with Crippen molar-refractivity contribution >= 4 is 22.7 Å². The molecule has 0 bridgehead atoms. The summed E-state index contributed by atoms with van der Waals surface area (Å²) in [5.74, 6) is 1.75. The Morgan fingerprint density at radius 1 is 0.875 bits per heavy atom. The van der Waals surface area contributed by atoms with E-state index in [1.165, 1.54) is 12.8 Å². The fourth-order valence-corrected chi connectivity index (χ4v) is 46.7. The van der Waals surface area contributed by atoms with Gasteiger partial charge in [-0.15, -0.1) is 0 Å². The molecule has 138 valence electrons. The number of hydrogen-bond donors (Lipinski definition) is 0. The molecular weight excluding hydrogens is 421 g/mol. The van der Waals surface area contributed by atoms with Crippen LogP contribution >= 0.6 is 0 Å². The number of rotatable bonds is 4.